The van der Waals surface area contributed by atoms with E-state index in [-0.39, 0.29) is 18.0 Å². The van der Waals surface area contributed by atoms with Crippen LogP contribution in [0, 0.1) is 13.8 Å². The summed E-state index contributed by atoms with van der Waals surface area (Å²) >= 11 is 0. The van der Waals surface area contributed by atoms with E-state index < -0.39 is 0 Å². The quantitative estimate of drug-likeness (QED) is 0.780. The Bertz CT molecular complexity index is 408. The Morgan fingerprint density at radius 3 is 2.25 bits per heavy atom. The maximum absolute atomic E-state index is 11.9. The van der Waals surface area contributed by atoms with Crippen molar-refractivity contribution in [2.75, 3.05) is 4.90 Å². The summed E-state index contributed by atoms with van der Waals surface area (Å²) in [5, 5.41) is 0. The van der Waals surface area contributed by atoms with Gasteiger partial charge in [0, 0.05) is 24.2 Å². The molecule has 0 radical (unpaired) electrons. The molecule has 1 aliphatic heterocycles. The molecule has 0 saturated carbocycles. The fourth-order valence-corrected chi connectivity index (χ4v) is 2.36. The Balaban J connectivity index is 2.40. The highest BCUT2D eigenvalue weighted by atomic mass is 16.2. The van der Waals surface area contributed by atoms with Gasteiger partial charge in [0.05, 0.1) is 0 Å². The number of carbonyl (C=O) groups excluding carboxylic acids is 1. The lowest BCUT2D eigenvalue weighted by atomic mass is 10.1. The number of hydrogen-bond acceptors (Lipinski definition) is 2. The summed E-state index contributed by atoms with van der Waals surface area (Å²) < 4.78 is 0. The number of benzene rings is 1. The molecule has 2 atom stereocenters. The van der Waals surface area contributed by atoms with E-state index in [0.29, 0.717) is 6.42 Å². The van der Waals surface area contributed by atoms with E-state index in [1.165, 1.54) is 11.1 Å². The zero-order valence-corrected chi connectivity index (χ0v) is 10.0. The third-order valence-corrected chi connectivity index (χ3v) is 3.19. The van der Waals surface area contributed by atoms with Gasteiger partial charge in [-0.1, -0.05) is 6.07 Å². The first-order valence-electron chi connectivity index (χ1n) is 5.65. The smallest absolute Gasteiger partial charge is 0.228 e. The van der Waals surface area contributed by atoms with E-state index in [4.69, 9.17) is 5.73 Å². The van der Waals surface area contributed by atoms with Gasteiger partial charge in [0.15, 0.2) is 0 Å². The lowest BCUT2D eigenvalue weighted by molar-refractivity contribution is -0.117. The molecular formula is C13H18N2O. The van der Waals surface area contributed by atoms with Crippen molar-refractivity contribution >= 4 is 11.6 Å². The topological polar surface area (TPSA) is 46.3 Å². The summed E-state index contributed by atoms with van der Waals surface area (Å²) in [6, 6.07) is 6.23. The van der Waals surface area contributed by atoms with Crippen molar-refractivity contribution in [3.8, 4) is 0 Å². The highest BCUT2D eigenvalue weighted by Gasteiger charge is 2.35. The Kier molecular flexibility index (Phi) is 2.72. The van der Waals surface area contributed by atoms with Crippen LogP contribution in [0.25, 0.3) is 0 Å². The standard InChI is InChI=1S/C13H18N2O/c1-8-4-9(2)6-11(5-8)15-10(3)12(14)7-13(15)16/h4-6,10,12H,7,14H2,1-3H3. The molecule has 0 aliphatic carbocycles. The minimum atomic E-state index is -0.0479. The number of nitrogens with two attached hydrogens (primary N) is 1. The molecule has 0 bridgehead atoms. The van der Waals surface area contributed by atoms with Crippen LogP contribution >= 0.6 is 0 Å². The van der Waals surface area contributed by atoms with E-state index in [0.717, 1.165) is 5.69 Å². The molecule has 86 valence electrons. The molecule has 1 amide bonds. The molecule has 3 nitrogen and oxygen atoms in total. The van der Waals surface area contributed by atoms with E-state index in [2.05, 4.69) is 6.07 Å². The highest BCUT2D eigenvalue weighted by Crippen LogP contribution is 2.27. The number of rotatable bonds is 1. The molecule has 1 heterocycles. The van der Waals surface area contributed by atoms with Crippen LogP contribution < -0.4 is 10.6 Å². The van der Waals surface area contributed by atoms with Gasteiger partial charge in [0.25, 0.3) is 0 Å². The van der Waals surface area contributed by atoms with Gasteiger partial charge in [-0.05, 0) is 44.0 Å². The Morgan fingerprint density at radius 1 is 1.25 bits per heavy atom. The number of hydrogen-bond donors (Lipinski definition) is 1. The zero-order chi connectivity index (χ0) is 11.9. The number of aryl methyl sites for hydroxylation is 2. The lowest BCUT2D eigenvalue weighted by Gasteiger charge is -2.24. The predicted octanol–water partition coefficient (Wildman–Crippen LogP) is 1.76. The Hall–Kier alpha value is -1.35. The molecule has 3 heteroatoms. The van der Waals surface area contributed by atoms with Gasteiger partial charge in [0.2, 0.25) is 5.91 Å². The van der Waals surface area contributed by atoms with E-state index in [1.54, 1.807) is 0 Å². The van der Waals surface area contributed by atoms with Crippen molar-refractivity contribution in [2.24, 2.45) is 5.73 Å². The summed E-state index contributed by atoms with van der Waals surface area (Å²) in [5.41, 5.74) is 9.24. The first-order valence-corrected chi connectivity index (χ1v) is 5.65. The van der Waals surface area contributed by atoms with Crippen molar-refractivity contribution in [1.82, 2.24) is 0 Å². The highest BCUT2D eigenvalue weighted by molar-refractivity contribution is 5.97. The Labute approximate surface area is 96.2 Å². The van der Waals surface area contributed by atoms with Crippen molar-refractivity contribution in [2.45, 2.75) is 39.3 Å². The average molecular weight is 218 g/mol. The lowest BCUT2D eigenvalue weighted by Crippen LogP contribution is -2.38. The van der Waals surface area contributed by atoms with Crippen LogP contribution in [0.5, 0.6) is 0 Å². The molecule has 2 N–H and O–H groups in total. The number of nitrogens with zero attached hydrogens (tertiary/aromatic N) is 1. The molecule has 1 aliphatic rings. The van der Waals surface area contributed by atoms with Crippen LogP contribution in [0.1, 0.15) is 24.5 Å². The zero-order valence-electron chi connectivity index (χ0n) is 10.0. The minimum absolute atomic E-state index is 0.0479. The van der Waals surface area contributed by atoms with Gasteiger partial charge in [-0.25, -0.2) is 0 Å². The maximum atomic E-state index is 11.9. The number of amides is 1. The Morgan fingerprint density at radius 2 is 1.81 bits per heavy atom. The van der Waals surface area contributed by atoms with E-state index >= 15 is 0 Å². The van der Waals surface area contributed by atoms with Gasteiger partial charge in [0.1, 0.15) is 0 Å². The van der Waals surface area contributed by atoms with Crippen molar-refractivity contribution < 1.29 is 4.79 Å². The summed E-state index contributed by atoms with van der Waals surface area (Å²) in [5.74, 6) is 0.130. The minimum Gasteiger partial charge on any atom is -0.325 e. The van der Waals surface area contributed by atoms with Gasteiger partial charge >= 0.3 is 0 Å². The summed E-state index contributed by atoms with van der Waals surface area (Å²) in [6.45, 7) is 6.09. The third kappa shape index (κ3) is 1.83. The van der Waals surface area contributed by atoms with Gasteiger partial charge in [-0.15, -0.1) is 0 Å². The second-order valence-corrected chi connectivity index (χ2v) is 4.72. The summed E-state index contributed by atoms with van der Waals surface area (Å²) in [4.78, 5) is 13.7. The summed E-state index contributed by atoms with van der Waals surface area (Å²) in [7, 11) is 0. The molecule has 2 rings (SSSR count). The van der Waals surface area contributed by atoms with Gasteiger partial charge < -0.3 is 10.6 Å². The third-order valence-electron chi connectivity index (χ3n) is 3.19. The van der Waals surface area contributed by atoms with Crippen LogP contribution in [-0.2, 0) is 4.79 Å². The largest absolute Gasteiger partial charge is 0.325 e. The second kappa shape index (κ2) is 3.91. The number of anilines is 1. The second-order valence-electron chi connectivity index (χ2n) is 4.72. The first-order chi connectivity index (χ1) is 7.49. The maximum Gasteiger partial charge on any atom is 0.228 e. The SMILES string of the molecule is Cc1cc(C)cc(N2C(=O)CC(N)C2C)c1. The van der Waals surface area contributed by atoms with Crippen molar-refractivity contribution in [3.05, 3.63) is 29.3 Å². The van der Waals surface area contributed by atoms with Crippen LogP contribution in [0.15, 0.2) is 18.2 Å². The molecule has 1 fully saturated rings. The fourth-order valence-electron chi connectivity index (χ4n) is 2.36. The molecule has 1 aromatic rings. The van der Waals surface area contributed by atoms with Crippen LogP contribution in [-0.4, -0.2) is 18.0 Å². The van der Waals surface area contributed by atoms with E-state index in [9.17, 15) is 4.79 Å². The normalized spacial score (nSPS) is 25.2. The molecule has 1 aromatic carbocycles. The predicted molar refractivity (Wildman–Crippen MR) is 65.5 cm³/mol. The molecular weight excluding hydrogens is 200 g/mol. The van der Waals surface area contributed by atoms with Crippen LogP contribution in [0.3, 0.4) is 0 Å². The van der Waals surface area contributed by atoms with Gasteiger partial charge in [-0.2, -0.15) is 0 Å². The number of carbonyl (C=O) groups is 1. The molecule has 16 heavy (non-hydrogen) atoms. The first kappa shape index (κ1) is 11.1. The average Bonchev–Trinajstić information content (AvgIpc) is 2.39. The monoisotopic (exact) mass is 218 g/mol. The van der Waals surface area contributed by atoms with Crippen molar-refractivity contribution in [3.63, 3.8) is 0 Å². The molecule has 1 saturated heterocycles. The van der Waals surface area contributed by atoms with Gasteiger partial charge in [-0.3, -0.25) is 4.79 Å². The fraction of sp³-hybridized carbons (Fsp3) is 0.462. The van der Waals surface area contributed by atoms with Crippen LogP contribution in [0.2, 0.25) is 0 Å². The van der Waals surface area contributed by atoms with Crippen molar-refractivity contribution in [1.29, 1.82) is 0 Å². The molecule has 2 unspecified atom stereocenters. The molecule has 0 aromatic heterocycles. The van der Waals surface area contributed by atoms with E-state index in [1.807, 2.05) is 37.8 Å². The molecule has 0 spiro atoms. The summed E-state index contributed by atoms with van der Waals surface area (Å²) in [6.07, 6.45) is 0.453. The van der Waals surface area contributed by atoms with Crippen LogP contribution in [0.4, 0.5) is 5.69 Å².